The maximum Gasteiger partial charge on any atom is 0.122 e. The zero-order valence-electron chi connectivity index (χ0n) is 8.85. The third kappa shape index (κ3) is 3.31. The second-order valence-corrected chi connectivity index (χ2v) is 5.36. The summed E-state index contributed by atoms with van der Waals surface area (Å²) in [4.78, 5) is 5.34. The first-order valence-corrected chi connectivity index (χ1v) is 6.50. The molecule has 86 valence electrons. The van der Waals surface area contributed by atoms with Gasteiger partial charge in [0.15, 0.2) is 0 Å². The van der Waals surface area contributed by atoms with Crippen molar-refractivity contribution in [2.75, 3.05) is 0 Å². The molecule has 0 fully saturated rings. The Kier molecular flexibility index (Phi) is 3.81. The molecule has 0 bridgehead atoms. The second-order valence-electron chi connectivity index (χ2n) is 3.35. The number of halogens is 1. The lowest BCUT2D eigenvalue weighted by molar-refractivity contribution is 1.12. The smallest absolute Gasteiger partial charge is 0.122 e. The Bertz CT molecular complexity index is 540. The molecule has 0 aliphatic rings. The predicted octanol–water partition coefficient (Wildman–Crippen LogP) is 3.28. The number of nitrogens with two attached hydrogens (primary N) is 1. The number of rotatable bonds is 3. The van der Waals surface area contributed by atoms with E-state index in [0.717, 1.165) is 14.4 Å². The number of nitrogens with one attached hydrogen (secondary N) is 1. The zero-order valence-corrected chi connectivity index (χ0v) is 11.3. The molecule has 5 heteroatoms. The van der Waals surface area contributed by atoms with Gasteiger partial charge >= 0.3 is 0 Å². The van der Waals surface area contributed by atoms with Crippen LogP contribution in [0.25, 0.3) is 0 Å². The average molecular weight is 308 g/mol. The number of aromatic nitrogens is 1. The van der Waals surface area contributed by atoms with Crippen molar-refractivity contribution in [3.8, 4) is 0 Å². The quantitative estimate of drug-likeness (QED) is 0.675. The molecule has 0 unspecified atom stereocenters. The van der Waals surface area contributed by atoms with Gasteiger partial charge in [0.1, 0.15) is 10.9 Å². The summed E-state index contributed by atoms with van der Waals surface area (Å²) < 4.78 is 1.05. The Labute approximate surface area is 112 Å². The van der Waals surface area contributed by atoms with Crippen LogP contribution in [0.5, 0.6) is 0 Å². The maximum atomic E-state index is 7.37. The Hall–Kier alpha value is -1.33. The van der Waals surface area contributed by atoms with Crippen molar-refractivity contribution >= 4 is 33.5 Å². The van der Waals surface area contributed by atoms with Crippen LogP contribution in [-0.4, -0.2) is 10.8 Å². The van der Waals surface area contributed by atoms with Crippen LogP contribution in [0.1, 0.15) is 5.56 Å². The van der Waals surface area contributed by atoms with Gasteiger partial charge < -0.3 is 5.73 Å². The Morgan fingerprint density at radius 2 is 1.94 bits per heavy atom. The van der Waals surface area contributed by atoms with E-state index in [4.69, 9.17) is 11.1 Å². The lowest BCUT2D eigenvalue weighted by Gasteiger charge is -2.03. The molecule has 0 amide bonds. The summed E-state index contributed by atoms with van der Waals surface area (Å²) in [6.45, 7) is 0. The average Bonchev–Trinajstić information content (AvgIpc) is 2.32. The van der Waals surface area contributed by atoms with Gasteiger partial charge in [-0.15, -0.1) is 0 Å². The number of nitrogen functional groups attached to an aromatic ring is 1. The molecule has 3 nitrogen and oxygen atoms in total. The molecule has 0 saturated heterocycles. The summed E-state index contributed by atoms with van der Waals surface area (Å²) in [6.07, 6.45) is 1.66. The van der Waals surface area contributed by atoms with Crippen molar-refractivity contribution in [3.63, 3.8) is 0 Å². The van der Waals surface area contributed by atoms with Crippen molar-refractivity contribution in [1.82, 2.24) is 4.98 Å². The molecular formula is C12H10BrN3S. The third-order valence-electron chi connectivity index (χ3n) is 2.08. The standard InChI is InChI=1S/C12H10BrN3S/c13-9-1-3-10(4-2-9)17-11-7-8(12(14)15)5-6-16-11/h1-7H,(H3,14,15). The maximum absolute atomic E-state index is 7.37. The molecule has 3 N–H and O–H groups in total. The molecular weight excluding hydrogens is 298 g/mol. The van der Waals surface area contributed by atoms with Crippen LogP contribution in [0.15, 0.2) is 57.0 Å². The fourth-order valence-corrected chi connectivity index (χ4v) is 2.33. The summed E-state index contributed by atoms with van der Waals surface area (Å²) in [5, 5.41) is 8.21. The van der Waals surface area contributed by atoms with Gasteiger partial charge in [0.2, 0.25) is 0 Å². The summed E-state index contributed by atoms with van der Waals surface area (Å²) in [5.74, 6) is 0.0602. The molecule has 0 spiro atoms. The SMILES string of the molecule is N=C(N)c1ccnc(Sc2ccc(Br)cc2)c1. The van der Waals surface area contributed by atoms with E-state index in [1.807, 2.05) is 30.3 Å². The molecule has 0 saturated carbocycles. The summed E-state index contributed by atoms with van der Waals surface area (Å²) >= 11 is 4.94. The van der Waals surface area contributed by atoms with Crippen LogP contribution < -0.4 is 5.73 Å². The molecule has 1 heterocycles. The summed E-state index contributed by atoms with van der Waals surface area (Å²) in [7, 11) is 0. The lowest BCUT2D eigenvalue weighted by atomic mass is 10.2. The highest BCUT2D eigenvalue weighted by molar-refractivity contribution is 9.10. The number of hydrogen-bond donors (Lipinski definition) is 2. The van der Waals surface area contributed by atoms with E-state index < -0.39 is 0 Å². The topological polar surface area (TPSA) is 62.8 Å². The van der Waals surface area contributed by atoms with Gasteiger partial charge in [-0.1, -0.05) is 27.7 Å². The summed E-state index contributed by atoms with van der Waals surface area (Å²) in [6, 6.07) is 11.5. The molecule has 0 aliphatic heterocycles. The normalized spacial score (nSPS) is 10.2. The van der Waals surface area contributed by atoms with Gasteiger partial charge in [-0.3, -0.25) is 5.41 Å². The Morgan fingerprint density at radius 3 is 2.59 bits per heavy atom. The highest BCUT2D eigenvalue weighted by Gasteiger charge is 2.02. The molecule has 0 atom stereocenters. The predicted molar refractivity (Wildman–Crippen MR) is 73.5 cm³/mol. The lowest BCUT2D eigenvalue weighted by Crippen LogP contribution is -2.10. The minimum absolute atomic E-state index is 0.0602. The van der Waals surface area contributed by atoms with E-state index in [-0.39, 0.29) is 5.84 Å². The van der Waals surface area contributed by atoms with Crippen LogP contribution in [0.2, 0.25) is 0 Å². The van der Waals surface area contributed by atoms with Gasteiger partial charge in [0.25, 0.3) is 0 Å². The molecule has 1 aromatic heterocycles. The van der Waals surface area contributed by atoms with Gasteiger partial charge in [-0.2, -0.15) is 0 Å². The van der Waals surface area contributed by atoms with E-state index in [1.54, 1.807) is 24.0 Å². The molecule has 0 radical (unpaired) electrons. The van der Waals surface area contributed by atoms with Crippen LogP contribution in [-0.2, 0) is 0 Å². The van der Waals surface area contributed by atoms with E-state index >= 15 is 0 Å². The molecule has 1 aromatic carbocycles. The van der Waals surface area contributed by atoms with Gasteiger partial charge in [0.05, 0.1) is 0 Å². The van der Waals surface area contributed by atoms with Gasteiger partial charge in [-0.25, -0.2) is 4.98 Å². The second kappa shape index (κ2) is 5.33. The van der Waals surface area contributed by atoms with Crippen molar-refractivity contribution in [1.29, 1.82) is 5.41 Å². The minimum atomic E-state index is 0.0602. The molecule has 2 aromatic rings. The highest BCUT2D eigenvalue weighted by atomic mass is 79.9. The first-order chi connectivity index (χ1) is 8.15. The number of nitrogens with zero attached hydrogens (tertiary/aromatic N) is 1. The monoisotopic (exact) mass is 307 g/mol. The van der Waals surface area contributed by atoms with Crippen molar-refractivity contribution in [3.05, 3.63) is 52.6 Å². The van der Waals surface area contributed by atoms with Crippen molar-refractivity contribution < 1.29 is 0 Å². The van der Waals surface area contributed by atoms with Gasteiger partial charge in [0, 0.05) is 21.1 Å². The third-order valence-corrected chi connectivity index (χ3v) is 3.55. The Morgan fingerprint density at radius 1 is 1.24 bits per heavy atom. The Balaban J connectivity index is 2.21. The zero-order chi connectivity index (χ0) is 12.3. The fraction of sp³-hybridized carbons (Fsp3) is 0. The van der Waals surface area contributed by atoms with Crippen LogP contribution >= 0.6 is 27.7 Å². The first-order valence-electron chi connectivity index (χ1n) is 4.89. The van der Waals surface area contributed by atoms with E-state index in [0.29, 0.717) is 5.56 Å². The number of amidine groups is 1. The highest BCUT2D eigenvalue weighted by Crippen LogP contribution is 2.27. The summed E-state index contributed by atoms with van der Waals surface area (Å²) in [5.41, 5.74) is 6.13. The van der Waals surface area contributed by atoms with Crippen molar-refractivity contribution in [2.24, 2.45) is 5.73 Å². The van der Waals surface area contributed by atoms with Crippen molar-refractivity contribution in [2.45, 2.75) is 9.92 Å². The molecule has 2 rings (SSSR count). The van der Waals surface area contributed by atoms with E-state index in [2.05, 4.69) is 20.9 Å². The van der Waals surface area contributed by atoms with Crippen LogP contribution in [0.3, 0.4) is 0 Å². The number of benzene rings is 1. The number of pyridine rings is 1. The van der Waals surface area contributed by atoms with E-state index in [1.165, 1.54) is 0 Å². The molecule has 0 aliphatic carbocycles. The minimum Gasteiger partial charge on any atom is -0.384 e. The van der Waals surface area contributed by atoms with Crippen LogP contribution in [0.4, 0.5) is 0 Å². The fourth-order valence-electron chi connectivity index (χ4n) is 1.26. The van der Waals surface area contributed by atoms with Gasteiger partial charge in [-0.05, 0) is 36.4 Å². The largest absolute Gasteiger partial charge is 0.384 e. The van der Waals surface area contributed by atoms with Crippen LogP contribution in [0, 0.1) is 5.41 Å². The number of hydrogen-bond acceptors (Lipinski definition) is 3. The first kappa shape index (κ1) is 12.1. The van der Waals surface area contributed by atoms with E-state index in [9.17, 15) is 0 Å². The molecule has 17 heavy (non-hydrogen) atoms.